The van der Waals surface area contributed by atoms with Gasteiger partial charge in [-0.2, -0.15) is 0 Å². The normalized spacial score (nSPS) is 12.6. The molecule has 102 valence electrons. The molecule has 0 fully saturated rings. The highest BCUT2D eigenvalue weighted by Crippen LogP contribution is 2.05. The van der Waals surface area contributed by atoms with E-state index in [0.717, 1.165) is 17.6 Å². The third-order valence-electron chi connectivity index (χ3n) is 3.03. The van der Waals surface area contributed by atoms with Crippen molar-refractivity contribution in [3.8, 4) is 0 Å². The average Bonchev–Trinajstić information content (AvgIpc) is 2.34. The van der Waals surface area contributed by atoms with Crippen molar-refractivity contribution in [1.82, 2.24) is 9.88 Å². The Bertz CT molecular complexity index is 403. The first-order chi connectivity index (χ1) is 8.63. The summed E-state index contributed by atoms with van der Waals surface area (Å²) in [5.74, 6) is 0. The molecule has 4 heteroatoms. The molecule has 18 heavy (non-hydrogen) atoms. The lowest BCUT2D eigenvalue weighted by Gasteiger charge is -2.14. The van der Waals surface area contributed by atoms with E-state index in [1.165, 1.54) is 25.7 Å². The highest BCUT2D eigenvalue weighted by Gasteiger charge is 2.01. The molecule has 0 aromatic carbocycles. The van der Waals surface area contributed by atoms with Crippen LogP contribution in [0, 0.1) is 0 Å². The monoisotopic (exact) mass is 314 g/mol. The van der Waals surface area contributed by atoms with Crippen molar-refractivity contribution in [3.63, 3.8) is 0 Å². The summed E-state index contributed by atoms with van der Waals surface area (Å²) in [7, 11) is 0. The molecule has 0 spiro atoms. The first kappa shape index (κ1) is 15.4. The number of pyridine rings is 1. The van der Waals surface area contributed by atoms with E-state index in [9.17, 15) is 4.79 Å². The third kappa shape index (κ3) is 5.83. The van der Waals surface area contributed by atoms with Gasteiger partial charge in [-0.1, -0.05) is 26.2 Å². The van der Waals surface area contributed by atoms with Crippen molar-refractivity contribution < 1.29 is 0 Å². The van der Waals surface area contributed by atoms with E-state index >= 15 is 0 Å². The van der Waals surface area contributed by atoms with Crippen LogP contribution in [0.25, 0.3) is 0 Å². The van der Waals surface area contributed by atoms with Crippen molar-refractivity contribution >= 4 is 15.9 Å². The van der Waals surface area contributed by atoms with Crippen LogP contribution >= 0.6 is 15.9 Å². The van der Waals surface area contributed by atoms with Gasteiger partial charge in [-0.05, 0) is 35.3 Å². The van der Waals surface area contributed by atoms with E-state index < -0.39 is 0 Å². The molecule has 1 N–H and O–H groups in total. The minimum absolute atomic E-state index is 0.0543. The molecule has 1 aromatic heterocycles. The van der Waals surface area contributed by atoms with Crippen molar-refractivity contribution in [2.45, 2.75) is 52.1 Å². The molecule has 0 radical (unpaired) electrons. The van der Waals surface area contributed by atoms with Crippen LogP contribution in [0.1, 0.15) is 39.5 Å². The smallest absolute Gasteiger partial charge is 0.250 e. The van der Waals surface area contributed by atoms with E-state index in [1.54, 1.807) is 16.7 Å². The van der Waals surface area contributed by atoms with Crippen molar-refractivity contribution in [1.29, 1.82) is 0 Å². The summed E-state index contributed by atoms with van der Waals surface area (Å²) >= 11 is 3.38. The summed E-state index contributed by atoms with van der Waals surface area (Å²) in [6.45, 7) is 5.98. The molecule has 0 aliphatic carbocycles. The first-order valence-corrected chi connectivity index (χ1v) is 7.52. The van der Waals surface area contributed by atoms with Crippen molar-refractivity contribution in [3.05, 3.63) is 33.2 Å². The van der Waals surface area contributed by atoms with Crippen LogP contribution in [-0.4, -0.2) is 17.2 Å². The van der Waals surface area contributed by atoms with Gasteiger partial charge in [0.2, 0.25) is 0 Å². The summed E-state index contributed by atoms with van der Waals surface area (Å²) in [6.07, 6.45) is 6.89. The first-order valence-electron chi connectivity index (χ1n) is 6.73. The van der Waals surface area contributed by atoms with Crippen LogP contribution in [-0.2, 0) is 6.54 Å². The molecule has 0 aliphatic heterocycles. The van der Waals surface area contributed by atoms with Gasteiger partial charge in [-0.25, -0.2) is 0 Å². The Morgan fingerprint density at radius 1 is 1.39 bits per heavy atom. The predicted octanol–water partition coefficient (Wildman–Crippen LogP) is 3.17. The number of hydrogen-bond donors (Lipinski definition) is 1. The molecule has 0 saturated heterocycles. The molecule has 0 bridgehead atoms. The Balaban J connectivity index is 2.28. The van der Waals surface area contributed by atoms with E-state index in [1.807, 2.05) is 6.20 Å². The molecule has 0 saturated carbocycles. The lowest BCUT2D eigenvalue weighted by molar-refractivity contribution is 0.467. The second kappa shape index (κ2) is 8.48. The van der Waals surface area contributed by atoms with Gasteiger partial charge in [-0.3, -0.25) is 4.79 Å². The van der Waals surface area contributed by atoms with E-state index in [-0.39, 0.29) is 5.56 Å². The zero-order valence-electron chi connectivity index (χ0n) is 11.3. The van der Waals surface area contributed by atoms with Crippen LogP contribution < -0.4 is 10.9 Å². The fourth-order valence-corrected chi connectivity index (χ4v) is 2.29. The maximum atomic E-state index is 11.6. The fraction of sp³-hybridized carbons (Fsp3) is 0.643. The van der Waals surface area contributed by atoms with Gasteiger partial charge in [0.05, 0.1) is 0 Å². The number of nitrogens with one attached hydrogen (secondary N) is 1. The number of halogens is 1. The zero-order valence-corrected chi connectivity index (χ0v) is 12.9. The van der Waals surface area contributed by atoms with Crippen LogP contribution in [0.2, 0.25) is 0 Å². The summed E-state index contributed by atoms with van der Waals surface area (Å²) in [5, 5.41) is 3.46. The minimum atomic E-state index is 0.0543. The molecular weight excluding hydrogens is 292 g/mol. The van der Waals surface area contributed by atoms with E-state index in [2.05, 4.69) is 35.1 Å². The van der Waals surface area contributed by atoms with E-state index in [4.69, 9.17) is 0 Å². The van der Waals surface area contributed by atoms with E-state index in [0.29, 0.717) is 6.04 Å². The van der Waals surface area contributed by atoms with Crippen LogP contribution in [0.3, 0.4) is 0 Å². The molecule has 1 rings (SSSR count). The quantitative estimate of drug-likeness (QED) is 0.748. The molecule has 1 unspecified atom stereocenters. The number of aromatic nitrogens is 1. The molecular formula is C14H23BrN2O. The SMILES string of the molecule is CCCCCC(C)NCCn1cc(Br)ccc1=O. The second-order valence-corrected chi connectivity index (χ2v) is 5.65. The Kier molecular flexibility index (Phi) is 7.28. The van der Waals surface area contributed by atoms with Gasteiger partial charge in [0.25, 0.3) is 5.56 Å². The Morgan fingerprint density at radius 2 is 2.17 bits per heavy atom. The molecule has 0 aliphatic rings. The van der Waals surface area contributed by atoms with Gasteiger partial charge in [0.1, 0.15) is 0 Å². The number of nitrogens with zero attached hydrogens (tertiary/aromatic N) is 1. The largest absolute Gasteiger partial charge is 0.313 e. The van der Waals surface area contributed by atoms with Gasteiger partial charge >= 0.3 is 0 Å². The maximum absolute atomic E-state index is 11.6. The fourth-order valence-electron chi connectivity index (χ4n) is 1.91. The minimum Gasteiger partial charge on any atom is -0.313 e. The maximum Gasteiger partial charge on any atom is 0.250 e. The number of hydrogen-bond acceptors (Lipinski definition) is 2. The Labute approximate surface area is 118 Å². The Morgan fingerprint density at radius 3 is 2.89 bits per heavy atom. The van der Waals surface area contributed by atoms with Crippen molar-refractivity contribution in [2.75, 3.05) is 6.54 Å². The molecule has 1 atom stereocenters. The zero-order chi connectivity index (χ0) is 13.4. The molecule has 3 nitrogen and oxygen atoms in total. The molecule has 0 amide bonds. The lowest BCUT2D eigenvalue weighted by Crippen LogP contribution is -2.31. The van der Waals surface area contributed by atoms with Gasteiger partial charge in [0, 0.05) is 35.9 Å². The lowest BCUT2D eigenvalue weighted by atomic mass is 10.1. The number of unbranched alkanes of at least 4 members (excludes halogenated alkanes) is 2. The van der Waals surface area contributed by atoms with Gasteiger partial charge in [-0.15, -0.1) is 0 Å². The standard InChI is InChI=1S/C14H23BrN2O/c1-3-4-5-6-12(2)16-9-10-17-11-13(15)7-8-14(17)18/h7-8,11-12,16H,3-6,9-10H2,1-2H3. The van der Waals surface area contributed by atoms with Crippen LogP contribution in [0.15, 0.2) is 27.6 Å². The topological polar surface area (TPSA) is 34.0 Å². The highest BCUT2D eigenvalue weighted by atomic mass is 79.9. The van der Waals surface area contributed by atoms with Gasteiger partial charge < -0.3 is 9.88 Å². The van der Waals surface area contributed by atoms with Crippen LogP contribution in [0.4, 0.5) is 0 Å². The predicted molar refractivity (Wildman–Crippen MR) is 80.0 cm³/mol. The number of rotatable bonds is 8. The Hall–Kier alpha value is -0.610. The average molecular weight is 315 g/mol. The van der Waals surface area contributed by atoms with Crippen molar-refractivity contribution in [2.24, 2.45) is 0 Å². The van der Waals surface area contributed by atoms with Gasteiger partial charge in [0.15, 0.2) is 0 Å². The van der Waals surface area contributed by atoms with Crippen LogP contribution in [0.5, 0.6) is 0 Å². The second-order valence-electron chi connectivity index (χ2n) is 4.73. The third-order valence-corrected chi connectivity index (χ3v) is 3.50. The summed E-state index contributed by atoms with van der Waals surface area (Å²) in [5.41, 5.74) is 0.0543. The summed E-state index contributed by atoms with van der Waals surface area (Å²) in [4.78, 5) is 11.6. The highest BCUT2D eigenvalue weighted by molar-refractivity contribution is 9.10. The molecule has 1 aromatic rings. The molecule has 1 heterocycles. The summed E-state index contributed by atoms with van der Waals surface area (Å²) in [6, 6.07) is 3.90. The summed E-state index contributed by atoms with van der Waals surface area (Å²) < 4.78 is 2.67.